The zero-order valence-electron chi connectivity index (χ0n) is 11.9. The Morgan fingerprint density at radius 3 is 2.79 bits per heavy atom. The second-order valence-electron chi connectivity index (χ2n) is 4.11. The zero-order valence-corrected chi connectivity index (χ0v) is 11.9. The Morgan fingerprint density at radius 2 is 2.21 bits per heavy atom. The maximum atomic E-state index is 4.45. The molecule has 0 spiro atoms. The van der Waals surface area contributed by atoms with Crippen molar-refractivity contribution in [3.63, 3.8) is 0 Å². The molecule has 2 rings (SSSR count). The van der Waals surface area contributed by atoms with Gasteiger partial charge in [-0.25, -0.2) is 4.98 Å². The van der Waals surface area contributed by atoms with Crippen LogP contribution in [0.3, 0.4) is 0 Å². The molecule has 1 unspecified atom stereocenters. The van der Waals surface area contributed by atoms with Gasteiger partial charge in [-0.15, -0.1) is 13.2 Å². The highest BCUT2D eigenvalue weighted by Crippen LogP contribution is 2.16. The fourth-order valence-corrected chi connectivity index (χ4v) is 1.81. The van der Waals surface area contributed by atoms with Crippen molar-refractivity contribution >= 4 is 11.4 Å². The average molecular weight is 258 g/mol. The molecule has 102 valence electrons. The van der Waals surface area contributed by atoms with Crippen LogP contribution in [-0.2, 0) is 7.05 Å². The van der Waals surface area contributed by atoms with Crippen LogP contribution in [0.25, 0.3) is 5.57 Å². The van der Waals surface area contributed by atoms with Crippen LogP contribution in [-0.4, -0.2) is 21.9 Å². The molecule has 1 atom stereocenters. The predicted octanol–water partition coefficient (Wildman–Crippen LogP) is 2.78. The molecule has 1 N–H and O–H groups in total. The first kappa shape index (κ1) is 15.0. The van der Waals surface area contributed by atoms with E-state index < -0.39 is 0 Å². The van der Waals surface area contributed by atoms with Gasteiger partial charge in [-0.1, -0.05) is 19.1 Å². The number of amidine groups is 1. The Morgan fingerprint density at radius 1 is 1.47 bits per heavy atom. The van der Waals surface area contributed by atoms with Crippen molar-refractivity contribution in [1.29, 1.82) is 0 Å². The minimum atomic E-state index is 0.309. The summed E-state index contributed by atoms with van der Waals surface area (Å²) in [6.45, 7) is 11.0. The Labute approximate surface area is 115 Å². The molecule has 0 fully saturated rings. The number of nitrogens with zero attached hydrogens (tertiary/aromatic N) is 3. The van der Waals surface area contributed by atoms with Crippen molar-refractivity contribution in [2.45, 2.75) is 13.8 Å². The Bertz CT molecular complexity index is 494. The molecule has 1 aromatic heterocycles. The normalized spacial score (nSPS) is 20.1. The van der Waals surface area contributed by atoms with Crippen LogP contribution in [0.15, 0.2) is 48.9 Å². The van der Waals surface area contributed by atoms with Crippen molar-refractivity contribution < 1.29 is 0 Å². The number of aromatic nitrogens is 2. The monoisotopic (exact) mass is 258 g/mol. The standard InChI is InChI=1S/C13H18N4.C2H4/c1-4-14-12-10(2)5-6-11(9-16-12)13-15-7-8-17(13)3;1-2/h5-10H,4H2,1-3H3,(H,14,16);1-2H2. The molecule has 0 saturated heterocycles. The summed E-state index contributed by atoms with van der Waals surface area (Å²) in [4.78, 5) is 8.79. The summed E-state index contributed by atoms with van der Waals surface area (Å²) in [5, 5.41) is 3.27. The second-order valence-corrected chi connectivity index (χ2v) is 4.11. The molecular weight excluding hydrogens is 236 g/mol. The molecule has 4 heteroatoms. The van der Waals surface area contributed by atoms with E-state index in [9.17, 15) is 0 Å². The van der Waals surface area contributed by atoms with Crippen LogP contribution in [0.5, 0.6) is 0 Å². The molecule has 0 bridgehead atoms. The number of hydrogen-bond acceptors (Lipinski definition) is 2. The summed E-state index contributed by atoms with van der Waals surface area (Å²) in [5.41, 5.74) is 1.07. The van der Waals surface area contributed by atoms with Crippen molar-refractivity contribution in [2.75, 3.05) is 6.54 Å². The van der Waals surface area contributed by atoms with E-state index in [0.29, 0.717) is 5.92 Å². The molecule has 0 radical (unpaired) electrons. The number of rotatable bonds is 2. The van der Waals surface area contributed by atoms with Crippen molar-refractivity contribution in [3.05, 3.63) is 49.7 Å². The first-order valence-electron chi connectivity index (χ1n) is 6.39. The van der Waals surface area contributed by atoms with Crippen LogP contribution >= 0.6 is 0 Å². The number of nitrogens with one attached hydrogen (secondary N) is 1. The lowest BCUT2D eigenvalue weighted by Crippen LogP contribution is -2.23. The summed E-state index contributed by atoms with van der Waals surface area (Å²) in [6, 6.07) is 0. The molecule has 0 aromatic carbocycles. The van der Waals surface area contributed by atoms with Gasteiger partial charge < -0.3 is 9.88 Å². The van der Waals surface area contributed by atoms with Gasteiger partial charge in [-0.05, 0) is 6.92 Å². The van der Waals surface area contributed by atoms with Gasteiger partial charge in [0.2, 0.25) is 0 Å². The van der Waals surface area contributed by atoms with Crippen LogP contribution in [0.2, 0.25) is 0 Å². The second kappa shape index (κ2) is 7.36. The minimum absolute atomic E-state index is 0.309. The Balaban J connectivity index is 0.000000861. The summed E-state index contributed by atoms with van der Waals surface area (Å²) < 4.78 is 2.00. The molecule has 1 aliphatic rings. The summed E-state index contributed by atoms with van der Waals surface area (Å²) in [5.74, 6) is 2.27. The van der Waals surface area contributed by atoms with Crippen LogP contribution in [0.4, 0.5) is 0 Å². The van der Waals surface area contributed by atoms with E-state index in [4.69, 9.17) is 0 Å². The predicted molar refractivity (Wildman–Crippen MR) is 81.9 cm³/mol. The SMILES string of the molecule is C=C.CCN=C1NC=C(c2nccn2C)C=CC1C. The maximum Gasteiger partial charge on any atom is 0.141 e. The molecule has 0 aliphatic carbocycles. The van der Waals surface area contributed by atoms with Crippen molar-refractivity contribution in [3.8, 4) is 0 Å². The van der Waals surface area contributed by atoms with Gasteiger partial charge >= 0.3 is 0 Å². The number of aryl methyl sites for hydroxylation is 1. The van der Waals surface area contributed by atoms with Crippen molar-refractivity contribution in [1.82, 2.24) is 14.9 Å². The highest BCUT2D eigenvalue weighted by atomic mass is 15.0. The van der Waals surface area contributed by atoms with Crippen LogP contribution < -0.4 is 5.32 Å². The minimum Gasteiger partial charge on any atom is -0.349 e. The number of allylic oxidation sites excluding steroid dienone is 2. The highest BCUT2D eigenvalue weighted by molar-refractivity contribution is 5.90. The van der Waals surface area contributed by atoms with Gasteiger partial charge in [0.05, 0.1) is 0 Å². The quantitative estimate of drug-likeness (QED) is 0.829. The molecule has 1 aliphatic heterocycles. The Kier molecular flexibility index (Phi) is 5.79. The third-order valence-corrected chi connectivity index (χ3v) is 2.78. The maximum absolute atomic E-state index is 4.45. The largest absolute Gasteiger partial charge is 0.349 e. The van der Waals surface area contributed by atoms with E-state index in [0.717, 1.165) is 23.8 Å². The number of hydrogen-bond donors (Lipinski definition) is 1. The summed E-state index contributed by atoms with van der Waals surface area (Å²) >= 11 is 0. The van der Waals surface area contributed by atoms with E-state index in [-0.39, 0.29) is 0 Å². The molecule has 2 heterocycles. The van der Waals surface area contributed by atoms with E-state index in [1.807, 2.05) is 30.9 Å². The van der Waals surface area contributed by atoms with Gasteiger partial charge in [0, 0.05) is 43.7 Å². The lowest BCUT2D eigenvalue weighted by Gasteiger charge is -2.08. The number of aliphatic imine (C=N–C) groups is 1. The fourth-order valence-electron chi connectivity index (χ4n) is 1.81. The van der Waals surface area contributed by atoms with E-state index >= 15 is 0 Å². The van der Waals surface area contributed by atoms with Gasteiger partial charge in [0.1, 0.15) is 11.7 Å². The third kappa shape index (κ3) is 3.68. The van der Waals surface area contributed by atoms with Gasteiger partial charge in [-0.3, -0.25) is 4.99 Å². The van der Waals surface area contributed by atoms with E-state index in [1.54, 1.807) is 6.20 Å². The third-order valence-electron chi connectivity index (χ3n) is 2.78. The van der Waals surface area contributed by atoms with Crippen LogP contribution in [0, 0.1) is 5.92 Å². The summed E-state index contributed by atoms with van der Waals surface area (Å²) in [6.07, 6.45) is 9.96. The number of imidazole rings is 1. The van der Waals surface area contributed by atoms with Gasteiger partial charge in [-0.2, -0.15) is 0 Å². The van der Waals surface area contributed by atoms with Crippen molar-refractivity contribution in [2.24, 2.45) is 18.0 Å². The topological polar surface area (TPSA) is 42.2 Å². The smallest absolute Gasteiger partial charge is 0.141 e. The van der Waals surface area contributed by atoms with E-state index in [1.165, 1.54) is 0 Å². The lowest BCUT2D eigenvalue weighted by atomic mass is 10.1. The molecule has 0 saturated carbocycles. The zero-order chi connectivity index (χ0) is 14.3. The average Bonchev–Trinajstić information content (AvgIpc) is 2.77. The molecule has 19 heavy (non-hydrogen) atoms. The lowest BCUT2D eigenvalue weighted by molar-refractivity contribution is 0.891. The molecule has 0 amide bonds. The molecule has 1 aromatic rings. The molecular formula is C15H22N4. The highest BCUT2D eigenvalue weighted by Gasteiger charge is 2.12. The fraction of sp³-hybridized carbons (Fsp3) is 0.333. The van der Waals surface area contributed by atoms with E-state index in [2.05, 4.69) is 47.5 Å². The van der Waals surface area contributed by atoms with Gasteiger partial charge in [0.25, 0.3) is 0 Å². The first-order chi connectivity index (χ1) is 9.22. The molecule has 4 nitrogen and oxygen atoms in total. The van der Waals surface area contributed by atoms with Gasteiger partial charge in [0.15, 0.2) is 0 Å². The Hall–Kier alpha value is -2.10. The summed E-state index contributed by atoms with van der Waals surface area (Å²) in [7, 11) is 1.99. The first-order valence-corrected chi connectivity index (χ1v) is 6.39. The van der Waals surface area contributed by atoms with Crippen LogP contribution in [0.1, 0.15) is 19.7 Å².